The summed E-state index contributed by atoms with van der Waals surface area (Å²) >= 11 is 1.64. The average Bonchev–Trinajstić information content (AvgIpc) is 3.27. The first-order chi connectivity index (χ1) is 15.6. The van der Waals surface area contributed by atoms with Gasteiger partial charge in [-0.3, -0.25) is 4.57 Å². The van der Waals surface area contributed by atoms with Crippen LogP contribution in [0.3, 0.4) is 0 Å². The number of nitrogens with zero attached hydrogens (tertiary/aromatic N) is 3. The predicted molar refractivity (Wildman–Crippen MR) is 127 cm³/mol. The van der Waals surface area contributed by atoms with Gasteiger partial charge in [-0.05, 0) is 48.9 Å². The van der Waals surface area contributed by atoms with E-state index >= 15 is 0 Å². The summed E-state index contributed by atoms with van der Waals surface area (Å²) in [6, 6.07) is 22.1. The summed E-state index contributed by atoms with van der Waals surface area (Å²) in [7, 11) is 4.93. The Bertz CT molecular complexity index is 1170. The Morgan fingerprint density at radius 2 is 1.38 bits per heavy atom. The molecule has 0 aliphatic heterocycles. The lowest BCUT2D eigenvalue weighted by Crippen LogP contribution is -2.00. The van der Waals surface area contributed by atoms with Crippen LogP contribution in [0.15, 0.2) is 71.9 Å². The molecule has 1 aromatic heterocycles. The molecule has 0 fully saturated rings. The molecule has 0 amide bonds. The summed E-state index contributed by atoms with van der Waals surface area (Å²) in [4.78, 5) is 0. The number of methoxy groups -OCH3 is 3. The molecule has 4 aromatic rings. The van der Waals surface area contributed by atoms with Crippen molar-refractivity contribution in [3.8, 4) is 34.3 Å². The SMILES string of the molecule is COc1ccc(-n2c(SCc3ccc(C)cc3)nnc2-c2cc(OC)cc(OC)c2)cc1. The number of hydrogen-bond acceptors (Lipinski definition) is 6. The number of thioether (sulfide) groups is 1. The fraction of sp³-hybridized carbons (Fsp3) is 0.200. The zero-order chi connectivity index (χ0) is 22.5. The first kappa shape index (κ1) is 21.8. The highest BCUT2D eigenvalue weighted by molar-refractivity contribution is 7.98. The third-order valence-electron chi connectivity index (χ3n) is 5.06. The van der Waals surface area contributed by atoms with Gasteiger partial charge in [0.05, 0.1) is 21.3 Å². The third kappa shape index (κ3) is 4.73. The van der Waals surface area contributed by atoms with Gasteiger partial charge in [0.2, 0.25) is 0 Å². The van der Waals surface area contributed by atoms with Crippen LogP contribution in [0, 0.1) is 6.92 Å². The van der Waals surface area contributed by atoms with E-state index in [0.29, 0.717) is 17.3 Å². The largest absolute Gasteiger partial charge is 0.497 e. The van der Waals surface area contributed by atoms with Gasteiger partial charge in [-0.2, -0.15) is 0 Å². The molecule has 4 rings (SSSR count). The predicted octanol–water partition coefficient (Wildman–Crippen LogP) is 5.56. The normalized spacial score (nSPS) is 10.8. The maximum absolute atomic E-state index is 5.46. The Morgan fingerprint density at radius 1 is 0.750 bits per heavy atom. The van der Waals surface area contributed by atoms with Crippen molar-refractivity contribution < 1.29 is 14.2 Å². The Balaban J connectivity index is 1.77. The van der Waals surface area contributed by atoms with E-state index in [0.717, 1.165) is 27.9 Å². The molecule has 32 heavy (non-hydrogen) atoms. The maximum Gasteiger partial charge on any atom is 0.196 e. The molecule has 1 heterocycles. The fourth-order valence-electron chi connectivity index (χ4n) is 3.28. The minimum absolute atomic E-state index is 0.692. The summed E-state index contributed by atoms with van der Waals surface area (Å²) < 4.78 is 18.3. The number of rotatable bonds is 8. The summed E-state index contributed by atoms with van der Waals surface area (Å²) in [5, 5.41) is 9.85. The van der Waals surface area contributed by atoms with Gasteiger partial charge in [0.1, 0.15) is 17.2 Å². The van der Waals surface area contributed by atoms with Crippen LogP contribution in [0.4, 0.5) is 0 Å². The van der Waals surface area contributed by atoms with Crippen molar-refractivity contribution in [2.75, 3.05) is 21.3 Å². The van der Waals surface area contributed by atoms with Crippen LogP contribution < -0.4 is 14.2 Å². The Labute approximate surface area is 192 Å². The lowest BCUT2D eigenvalue weighted by Gasteiger charge is -2.13. The first-order valence-corrected chi connectivity index (χ1v) is 11.1. The van der Waals surface area contributed by atoms with Crippen LogP contribution in [0.25, 0.3) is 17.1 Å². The highest BCUT2D eigenvalue weighted by Crippen LogP contribution is 2.34. The van der Waals surface area contributed by atoms with Crippen molar-refractivity contribution in [1.29, 1.82) is 0 Å². The standard InChI is InChI=1S/C25H25N3O3S/c1-17-5-7-18(8-6-17)16-32-25-27-26-24(19-13-22(30-3)15-23(14-19)31-4)28(25)20-9-11-21(29-2)12-10-20/h5-15H,16H2,1-4H3. The van der Waals surface area contributed by atoms with Crippen molar-refractivity contribution in [3.05, 3.63) is 77.9 Å². The van der Waals surface area contributed by atoms with E-state index in [1.807, 2.05) is 47.0 Å². The second kappa shape index (κ2) is 9.78. The zero-order valence-electron chi connectivity index (χ0n) is 18.5. The molecule has 0 bridgehead atoms. The van der Waals surface area contributed by atoms with Crippen molar-refractivity contribution in [2.45, 2.75) is 17.8 Å². The minimum Gasteiger partial charge on any atom is -0.497 e. The van der Waals surface area contributed by atoms with E-state index in [9.17, 15) is 0 Å². The first-order valence-electron chi connectivity index (χ1n) is 10.1. The summed E-state index contributed by atoms with van der Waals surface area (Å²) in [5.74, 6) is 3.67. The van der Waals surface area contributed by atoms with Gasteiger partial charge in [-0.15, -0.1) is 10.2 Å². The van der Waals surface area contributed by atoms with Gasteiger partial charge in [0.15, 0.2) is 11.0 Å². The van der Waals surface area contributed by atoms with Crippen molar-refractivity contribution in [2.24, 2.45) is 0 Å². The molecule has 0 saturated heterocycles. The smallest absolute Gasteiger partial charge is 0.196 e. The molecular weight excluding hydrogens is 422 g/mol. The Kier molecular flexibility index (Phi) is 6.66. The molecule has 0 radical (unpaired) electrons. The van der Waals surface area contributed by atoms with Crippen LogP contribution in [-0.4, -0.2) is 36.1 Å². The second-order valence-corrected chi connectivity index (χ2v) is 8.16. The van der Waals surface area contributed by atoms with Crippen LogP contribution in [-0.2, 0) is 5.75 Å². The van der Waals surface area contributed by atoms with E-state index in [1.165, 1.54) is 11.1 Å². The molecule has 6 nitrogen and oxygen atoms in total. The minimum atomic E-state index is 0.692. The molecule has 0 spiro atoms. The molecule has 3 aromatic carbocycles. The quantitative estimate of drug-likeness (QED) is 0.330. The Morgan fingerprint density at radius 3 is 1.97 bits per heavy atom. The van der Waals surface area contributed by atoms with Crippen LogP contribution in [0.2, 0.25) is 0 Å². The monoisotopic (exact) mass is 447 g/mol. The molecule has 7 heteroatoms. The lowest BCUT2D eigenvalue weighted by atomic mass is 10.1. The highest BCUT2D eigenvalue weighted by atomic mass is 32.2. The molecule has 0 saturated carbocycles. The average molecular weight is 448 g/mol. The van der Waals surface area contributed by atoms with E-state index < -0.39 is 0 Å². The lowest BCUT2D eigenvalue weighted by molar-refractivity contribution is 0.394. The summed E-state index contributed by atoms with van der Waals surface area (Å²) in [6.45, 7) is 2.09. The molecule has 0 N–H and O–H groups in total. The van der Waals surface area contributed by atoms with Gasteiger partial charge in [-0.25, -0.2) is 0 Å². The van der Waals surface area contributed by atoms with Crippen LogP contribution >= 0.6 is 11.8 Å². The molecule has 0 aliphatic carbocycles. The second-order valence-electron chi connectivity index (χ2n) is 7.22. The van der Waals surface area contributed by atoms with E-state index in [4.69, 9.17) is 14.2 Å². The van der Waals surface area contributed by atoms with Gasteiger partial charge >= 0.3 is 0 Å². The van der Waals surface area contributed by atoms with Crippen molar-refractivity contribution in [3.63, 3.8) is 0 Å². The van der Waals surface area contributed by atoms with E-state index in [-0.39, 0.29) is 0 Å². The van der Waals surface area contributed by atoms with E-state index in [2.05, 4.69) is 41.4 Å². The molecule has 0 aliphatic rings. The number of aromatic nitrogens is 3. The number of hydrogen-bond donors (Lipinski definition) is 0. The summed E-state index contributed by atoms with van der Waals surface area (Å²) in [6.07, 6.45) is 0. The van der Waals surface area contributed by atoms with Crippen molar-refractivity contribution >= 4 is 11.8 Å². The molecular formula is C25H25N3O3S. The number of aryl methyl sites for hydroxylation is 1. The fourth-order valence-corrected chi connectivity index (χ4v) is 4.19. The van der Waals surface area contributed by atoms with Gasteiger partial charge < -0.3 is 14.2 Å². The van der Waals surface area contributed by atoms with Gasteiger partial charge in [0, 0.05) is 23.1 Å². The van der Waals surface area contributed by atoms with Gasteiger partial charge in [-0.1, -0.05) is 41.6 Å². The topological polar surface area (TPSA) is 58.4 Å². The molecule has 0 atom stereocenters. The molecule has 164 valence electrons. The van der Waals surface area contributed by atoms with Gasteiger partial charge in [0.25, 0.3) is 0 Å². The number of ether oxygens (including phenoxy) is 3. The third-order valence-corrected chi connectivity index (χ3v) is 6.06. The number of benzene rings is 3. The summed E-state index contributed by atoms with van der Waals surface area (Å²) in [5.41, 5.74) is 4.27. The maximum atomic E-state index is 5.46. The van der Waals surface area contributed by atoms with Crippen molar-refractivity contribution in [1.82, 2.24) is 14.8 Å². The molecule has 0 unspecified atom stereocenters. The Hall–Kier alpha value is -3.45. The van der Waals surface area contributed by atoms with E-state index in [1.54, 1.807) is 33.1 Å². The van der Waals surface area contributed by atoms with Crippen LogP contribution in [0.1, 0.15) is 11.1 Å². The van der Waals surface area contributed by atoms with Crippen LogP contribution in [0.5, 0.6) is 17.2 Å². The highest BCUT2D eigenvalue weighted by Gasteiger charge is 2.18. The zero-order valence-corrected chi connectivity index (χ0v) is 19.3.